The smallest absolute Gasteiger partial charge is 0.165 e. The molecule has 3 heteroatoms. The van der Waals surface area contributed by atoms with Crippen LogP contribution in [-0.4, -0.2) is 22.4 Å². The third-order valence-electron chi connectivity index (χ3n) is 3.77. The molecule has 0 fully saturated rings. The van der Waals surface area contributed by atoms with Crippen molar-refractivity contribution in [3.8, 4) is 0 Å². The Labute approximate surface area is 114 Å². The number of rotatable bonds is 3. The number of ketones is 1. The van der Waals surface area contributed by atoms with Crippen LogP contribution in [0.15, 0.2) is 6.07 Å². The zero-order chi connectivity index (χ0) is 13.5. The van der Waals surface area contributed by atoms with Crippen LogP contribution in [0.2, 0.25) is 0 Å². The van der Waals surface area contributed by atoms with Crippen molar-refractivity contribution in [1.82, 2.24) is 4.57 Å². The minimum absolute atomic E-state index is 0.103. The SMILES string of the molecule is CSCC(C)n1c(C)cc2c1CC(C)(C)CC2=O. The molecule has 1 aliphatic rings. The Morgan fingerprint density at radius 1 is 1.44 bits per heavy atom. The first-order chi connectivity index (χ1) is 8.35. The quantitative estimate of drug-likeness (QED) is 0.827. The van der Waals surface area contributed by atoms with E-state index in [1.807, 2.05) is 11.8 Å². The van der Waals surface area contributed by atoms with Crippen molar-refractivity contribution in [3.63, 3.8) is 0 Å². The fraction of sp³-hybridized carbons (Fsp3) is 0.667. The third kappa shape index (κ3) is 2.37. The summed E-state index contributed by atoms with van der Waals surface area (Å²) in [4.78, 5) is 12.2. The number of aromatic nitrogens is 1. The summed E-state index contributed by atoms with van der Waals surface area (Å²) in [7, 11) is 0. The Kier molecular flexibility index (Phi) is 3.63. The van der Waals surface area contributed by atoms with Crippen LogP contribution in [0.3, 0.4) is 0 Å². The number of hydrogen-bond donors (Lipinski definition) is 0. The highest BCUT2D eigenvalue weighted by molar-refractivity contribution is 7.98. The van der Waals surface area contributed by atoms with Crippen molar-refractivity contribution >= 4 is 17.5 Å². The van der Waals surface area contributed by atoms with Crippen LogP contribution < -0.4 is 0 Å². The molecular weight excluding hydrogens is 242 g/mol. The van der Waals surface area contributed by atoms with Gasteiger partial charge in [-0.25, -0.2) is 0 Å². The van der Waals surface area contributed by atoms with Crippen molar-refractivity contribution in [2.24, 2.45) is 5.41 Å². The van der Waals surface area contributed by atoms with Crippen LogP contribution in [0.4, 0.5) is 0 Å². The summed E-state index contributed by atoms with van der Waals surface area (Å²) in [6.45, 7) is 8.75. The normalized spacial score (nSPS) is 19.7. The van der Waals surface area contributed by atoms with Crippen LogP contribution in [0.25, 0.3) is 0 Å². The van der Waals surface area contributed by atoms with E-state index in [1.54, 1.807) is 0 Å². The number of nitrogens with zero attached hydrogens (tertiary/aromatic N) is 1. The van der Waals surface area contributed by atoms with Crippen molar-refractivity contribution in [3.05, 3.63) is 23.0 Å². The van der Waals surface area contributed by atoms with Gasteiger partial charge in [-0.2, -0.15) is 11.8 Å². The molecule has 0 spiro atoms. The molecule has 0 amide bonds. The molecule has 1 aromatic rings. The number of carbonyl (C=O) groups is 1. The van der Waals surface area contributed by atoms with E-state index in [9.17, 15) is 4.79 Å². The zero-order valence-electron chi connectivity index (χ0n) is 12.0. The lowest BCUT2D eigenvalue weighted by atomic mass is 9.76. The van der Waals surface area contributed by atoms with Crippen LogP contribution in [-0.2, 0) is 6.42 Å². The van der Waals surface area contributed by atoms with Crippen LogP contribution >= 0.6 is 11.8 Å². The summed E-state index contributed by atoms with van der Waals surface area (Å²) in [5.41, 5.74) is 3.56. The first-order valence-corrected chi connectivity index (χ1v) is 7.98. The molecule has 0 bridgehead atoms. The molecule has 0 saturated heterocycles. The molecule has 18 heavy (non-hydrogen) atoms. The maximum absolute atomic E-state index is 12.2. The largest absolute Gasteiger partial charge is 0.345 e. The van der Waals surface area contributed by atoms with E-state index >= 15 is 0 Å². The molecule has 0 radical (unpaired) electrons. The monoisotopic (exact) mass is 265 g/mol. The van der Waals surface area contributed by atoms with Gasteiger partial charge in [0.1, 0.15) is 0 Å². The van der Waals surface area contributed by atoms with E-state index in [0.29, 0.717) is 18.2 Å². The Hall–Kier alpha value is -0.700. The molecule has 100 valence electrons. The minimum Gasteiger partial charge on any atom is -0.345 e. The van der Waals surface area contributed by atoms with Gasteiger partial charge in [0.25, 0.3) is 0 Å². The van der Waals surface area contributed by atoms with Crippen LogP contribution in [0, 0.1) is 12.3 Å². The summed E-state index contributed by atoms with van der Waals surface area (Å²) >= 11 is 1.86. The lowest BCUT2D eigenvalue weighted by Crippen LogP contribution is -2.29. The van der Waals surface area contributed by atoms with Crippen molar-refractivity contribution in [2.45, 2.75) is 46.6 Å². The second-order valence-electron chi connectivity index (χ2n) is 6.26. The molecule has 1 aromatic heterocycles. The van der Waals surface area contributed by atoms with Gasteiger partial charge in [-0.1, -0.05) is 13.8 Å². The predicted octanol–water partition coefficient (Wildman–Crippen LogP) is 3.88. The number of fused-ring (bicyclic) bond motifs is 1. The maximum Gasteiger partial charge on any atom is 0.165 e. The average molecular weight is 265 g/mol. The van der Waals surface area contributed by atoms with E-state index < -0.39 is 0 Å². The number of hydrogen-bond acceptors (Lipinski definition) is 2. The zero-order valence-corrected chi connectivity index (χ0v) is 12.9. The van der Waals surface area contributed by atoms with Gasteiger partial charge in [-0.15, -0.1) is 0 Å². The summed E-state index contributed by atoms with van der Waals surface area (Å²) in [5, 5.41) is 0. The molecule has 0 aromatic carbocycles. The molecule has 1 atom stereocenters. The van der Waals surface area contributed by atoms with E-state index in [1.165, 1.54) is 11.4 Å². The lowest BCUT2D eigenvalue weighted by molar-refractivity contribution is 0.0909. The standard InChI is InChI=1S/C15H23NOS/c1-10-6-12-13(16(10)11(2)9-18-5)7-15(3,4)8-14(12)17/h6,11H,7-9H2,1-5H3. The number of thioether (sulfide) groups is 1. The molecule has 1 heterocycles. The highest BCUT2D eigenvalue weighted by atomic mass is 32.2. The summed E-state index contributed by atoms with van der Waals surface area (Å²) in [5.74, 6) is 1.41. The highest BCUT2D eigenvalue weighted by Crippen LogP contribution is 2.37. The summed E-state index contributed by atoms with van der Waals surface area (Å²) in [6.07, 6.45) is 3.83. The molecule has 0 saturated carbocycles. The summed E-state index contributed by atoms with van der Waals surface area (Å²) in [6, 6.07) is 2.55. The fourth-order valence-electron chi connectivity index (χ4n) is 3.10. The van der Waals surface area contributed by atoms with E-state index in [-0.39, 0.29) is 5.41 Å². The predicted molar refractivity (Wildman–Crippen MR) is 78.7 cm³/mol. The van der Waals surface area contributed by atoms with E-state index in [2.05, 4.69) is 44.6 Å². The van der Waals surface area contributed by atoms with Crippen molar-refractivity contribution in [1.29, 1.82) is 0 Å². The maximum atomic E-state index is 12.2. The van der Waals surface area contributed by atoms with Gasteiger partial charge in [0, 0.05) is 35.2 Å². The molecule has 0 aliphatic heterocycles. The molecule has 2 nitrogen and oxygen atoms in total. The topological polar surface area (TPSA) is 22.0 Å². The second kappa shape index (κ2) is 4.76. The Balaban J connectivity index is 2.47. The van der Waals surface area contributed by atoms with Crippen LogP contribution in [0.1, 0.15) is 55.0 Å². The highest BCUT2D eigenvalue weighted by Gasteiger charge is 2.34. The van der Waals surface area contributed by atoms with Gasteiger partial charge < -0.3 is 4.57 Å². The third-order valence-corrected chi connectivity index (χ3v) is 4.58. The van der Waals surface area contributed by atoms with E-state index in [0.717, 1.165) is 17.7 Å². The molecule has 0 N–H and O–H groups in total. The van der Waals surface area contributed by atoms with Gasteiger partial charge in [0.05, 0.1) is 0 Å². The van der Waals surface area contributed by atoms with Crippen molar-refractivity contribution in [2.75, 3.05) is 12.0 Å². The molecule has 2 rings (SSSR count). The fourth-order valence-corrected chi connectivity index (χ4v) is 3.73. The molecular formula is C15H23NOS. The second-order valence-corrected chi connectivity index (χ2v) is 7.17. The average Bonchev–Trinajstić information content (AvgIpc) is 2.53. The summed E-state index contributed by atoms with van der Waals surface area (Å²) < 4.78 is 2.38. The minimum atomic E-state index is 0.103. The first kappa shape index (κ1) is 13.7. The van der Waals surface area contributed by atoms with Crippen molar-refractivity contribution < 1.29 is 4.79 Å². The number of aryl methyl sites for hydroxylation is 1. The Bertz CT molecular complexity index is 473. The van der Waals surface area contributed by atoms with Gasteiger partial charge in [0.2, 0.25) is 0 Å². The number of carbonyl (C=O) groups excluding carboxylic acids is 1. The van der Waals surface area contributed by atoms with Gasteiger partial charge in [-0.3, -0.25) is 4.79 Å². The first-order valence-electron chi connectivity index (χ1n) is 6.58. The van der Waals surface area contributed by atoms with Gasteiger partial charge in [0.15, 0.2) is 5.78 Å². The molecule has 1 aliphatic carbocycles. The van der Waals surface area contributed by atoms with Gasteiger partial charge in [-0.05, 0) is 38.0 Å². The van der Waals surface area contributed by atoms with E-state index in [4.69, 9.17) is 0 Å². The molecule has 1 unspecified atom stereocenters. The number of Topliss-reactive ketones (excluding diaryl/α,β-unsaturated/α-hetero) is 1. The Morgan fingerprint density at radius 3 is 2.72 bits per heavy atom. The van der Waals surface area contributed by atoms with Crippen LogP contribution in [0.5, 0.6) is 0 Å². The van der Waals surface area contributed by atoms with Gasteiger partial charge >= 0.3 is 0 Å². The lowest BCUT2D eigenvalue weighted by Gasteiger charge is -2.31. The Morgan fingerprint density at radius 2 is 2.11 bits per heavy atom.